The van der Waals surface area contributed by atoms with Crippen LogP contribution in [-0.4, -0.2) is 25.7 Å². The molecule has 0 spiro atoms. The van der Waals surface area contributed by atoms with Gasteiger partial charge in [0.2, 0.25) is 5.91 Å². The van der Waals surface area contributed by atoms with Gasteiger partial charge in [0.15, 0.2) is 5.13 Å². The monoisotopic (exact) mass is 443 g/mol. The van der Waals surface area contributed by atoms with Crippen molar-refractivity contribution < 1.29 is 4.79 Å². The molecule has 32 heavy (non-hydrogen) atoms. The number of amides is 1. The molecule has 0 atom stereocenters. The Balaban J connectivity index is 1.70. The van der Waals surface area contributed by atoms with Crippen LogP contribution in [0.3, 0.4) is 0 Å². The van der Waals surface area contributed by atoms with Gasteiger partial charge in [0, 0.05) is 29.9 Å². The highest BCUT2D eigenvalue weighted by Gasteiger charge is 2.28. The minimum absolute atomic E-state index is 0.107. The molecular formula is C25H25N5OS. The van der Waals surface area contributed by atoms with E-state index in [2.05, 4.69) is 41.5 Å². The van der Waals surface area contributed by atoms with Crippen molar-refractivity contribution in [3.05, 3.63) is 65.6 Å². The third-order valence-electron chi connectivity index (χ3n) is 5.62. The summed E-state index contributed by atoms with van der Waals surface area (Å²) in [5.74, 6) is -0.107. The van der Waals surface area contributed by atoms with E-state index in [0.717, 1.165) is 71.0 Å². The van der Waals surface area contributed by atoms with Gasteiger partial charge in [-0.2, -0.15) is 5.10 Å². The number of rotatable bonds is 5. The third-order valence-corrected chi connectivity index (χ3v) is 6.64. The average Bonchev–Trinajstić information content (AvgIpc) is 3.31. The fraction of sp³-hybridized carbons (Fsp3) is 0.280. The second-order valence-corrected chi connectivity index (χ2v) is 9.04. The predicted molar refractivity (Wildman–Crippen MR) is 128 cm³/mol. The summed E-state index contributed by atoms with van der Waals surface area (Å²) < 4.78 is 2.03. The number of carbonyl (C=O) groups excluding carboxylic acids is 1. The van der Waals surface area contributed by atoms with Gasteiger partial charge in [0.25, 0.3) is 0 Å². The molecule has 0 aliphatic heterocycles. The molecule has 3 heterocycles. The number of benzene rings is 1. The third kappa shape index (κ3) is 3.84. The van der Waals surface area contributed by atoms with Crippen molar-refractivity contribution in [1.29, 1.82) is 0 Å². The molecule has 4 aromatic rings. The van der Waals surface area contributed by atoms with Crippen LogP contribution in [0, 0.1) is 0 Å². The predicted octanol–water partition coefficient (Wildman–Crippen LogP) is 5.46. The molecule has 1 aliphatic carbocycles. The fourth-order valence-electron chi connectivity index (χ4n) is 4.22. The van der Waals surface area contributed by atoms with Gasteiger partial charge in [0.05, 0.1) is 27.6 Å². The maximum absolute atomic E-state index is 11.6. The maximum atomic E-state index is 11.6. The van der Waals surface area contributed by atoms with Crippen LogP contribution < -0.4 is 5.32 Å². The number of hydrogen-bond acceptors (Lipinski definition) is 5. The molecule has 0 saturated carbocycles. The molecule has 0 bridgehead atoms. The first kappa shape index (κ1) is 20.6. The molecule has 6 nitrogen and oxygen atoms in total. The number of hydrogen-bond donors (Lipinski definition) is 1. The number of carbonyl (C=O) groups is 1. The van der Waals surface area contributed by atoms with Gasteiger partial charge in [-0.1, -0.05) is 42.9 Å². The van der Waals surface area contributed by atoms with E-state index in [9.17, 15) is 4.79 Å². The molecule has 3 aromatic heterocycles. The van der Waals surface area contributed by atoms with Crippen molar-refractivity contribution >= 4 is 22.4 Å². The van der Waals surface area contributed by atoms with Crippen molar-refractivity contribution in [2.75, 3.05) is 5.32 Å². The summed E-state index contributed by atoms with van der Waals surface area (Å²) in [6.07, 6.45) is 6.79. The first-order chi connectivity index (χ1) is 15.6. The number of aryl methyl sites for hydroxylation is 2. The summed E-state index contributed by atoms with van der Waals surface area (Å²) in [6, 6.07) is 14.4. The van der Waals surface area contributed by atoms with Crippen molar-refractivity contribution in [3.63, 3.8) is 0 Å². The Morgan fingerprint density at radius 3 is 2.72 bits per heavy atom. The zero-order valence-corrected chi connectivity index (χ0v) is 19.1. The first-order valence-corrected chi connectivity index (χ1v) is 11.9. The Hall–Kier alpha value is -3.32. The Kier molecular flexibility index (Phi) is 5.57. The summed E-state index contributed by atoms with van der Waals surface area (Å²) in [5, 5.41) is 8.59. The van der Waals surface area contributed by atoms with Crippen molar-refractivity contribution in [1.82, 2.24) is 19.7 Å². The average molecular weight is 444 g/mol. The number of aromatic nitrogens is 4. The number of fused-ring (bicyclic) bond motifs is 3. The second kappa shape index (κ2) is 8.67. The Labute approximate surface area is 191 Å². The van der Waals surface area contributed by atoms with E-state index in [4.69, 9.17) is 10.1 Å². The van der Waals surface area contributed by atoms with E-state index in [1.807, 2.05) is 29.1 Å². The fourth-order valence-corrected chi connectivity index (χ4v) is 5.34. The van der Waals surface area contributed by atoms with Crippen LogP contribution >= 0.6 is 11.3 Å². The quantitative estimate of drug-likeness (QED) is 0.445. The summed E-state index contributed by atoms with van der Waals surface area (Å²) in [5.41, 5.74) is 7.44. The van der Waals surface area contributed by atoms with Gasteiger partial charge in [0.1, 0.15) is 0 Å². The number of para-hydroxylation sites is 1. The smallest absolute Gasteiger partial charge is 0.223 e. The van der Waals surface area contributed by atoms with Crippen LogP contribution in [0.1, 0.15) is 43.6 Å². The summed E-state index contributed by atoms with van der Waals surface area (Å²) >= 11 is 1.53. The van der Waals surface area contributed by atoms with E-state index < -0.39 is 0 Å². The first-order valence-electron chi connectivity index (χ1n) is 11.0. The number of thiazole rings is 1. The number of anilines is 1. The lowest BCUT2D eigenvalue weighted by atomic mass is 10.0. The largest absolute Gasteiger partial charge is 0.302 e. The second-order valence-electron chi connectivity index (χ2n) is 8.04. The highest BCUT2D eigenvalue weighted by molar-refractivity contribution is 7.19. The lowest BCUT2D eigenvalue weighted by molar-refractivity contribution is -0.114. The van der Waals surface area contributed by atoms with E-state index in [0.29, 0.717) is 5.13 Å². The van der Waals surface area contributed by atoms with Crippen molar-refractivity contribution in [3.8, 4) is 27.5 Å². The normalized spacial score (nSPS) is 12.7. The summed E-state index contributed by atoms with van der Waals surface area (Å²) in [7, 11) is 0. The van der Waals surface area contributed by atoms with Crippen molar-refractivity contribution in [2.24, 2.45) is 0 Å². The van der Waals surface area contributed by atoms with Gasteiger partial charge in [-0.15, -0.1) is 0 Å². The van der Waals surface area contributed by atoms with Crippen LogP contribution in [0.2, 0.25) is 0 Å². The van der Waals surface area contributed by atoms with Crippen LogP contribution in [0.5, 0.6) is 0 Å². The van der Waals surface area contributed by atoms with Gasteiger partial charge >= 0.3 is 0 Å². The van der Waals surface area contributed by atoms with Gasteiger partial charge in [-0.25, -0.2) is 9.67 Å². The Morgan fingerprint density at radius 2 is 2.00 bits per heavy atom. The maximum Gasteiger partial charge on any atom is 0.223 e. The van der Waals surface area contributed by atoms with E-state index in [-0.39, 0.29) is 5.91 Å². The lowest BCUT2D eigenvalue weighted by Gasteiger charge is -2.07. The molecule has 1 aliphatic rings. The highest BCUT2D eigenvalue weighted by Crippen LogP contribution is 2.43. The van der Waals surface area contributed by atoms with E-state index >= 15 is 0 Å². The number of nitrogens with zero attached hydrogens (tertiary/aromatic N) is 4. The van der Waals surface area contributed by atoms with Gasteiger partial charge < -0.3 is 5.32 Å². The molecule has 7 heteroatoms. The van der Waals surface area contributed by atoms with Crippen LogP contribution in [0.15, 0.2) is 48.7 Å². The topological polar surface area (TPSA) is 72.7 Å². The SMILES string of the molecule is CCCc1ccc(-c2nn(-c3ccccc3)c3c2CCCc2nc(NC(C)=O)sc2-3)cn1. The summed E-state index contributed by atoms with van der Waals surface area (Å²) in [6.45, 7) is 3.68. The minimum atomic E-state index is -0.107. The lowest BCUT2D eigenvalue weighted by Crippen LogP contribution is -2.05. The molecule has 162 valence electrons. The van der Waals surface area contributed by atoms with Gasteiger partial charge in [-0.3, -0.25) is 9.78 Å². The zero-order chi connectivity index (χ0) is 22.1. The molecule has 0 radical (unpaired) electrons. The van der Waals surface area contributed by atoms with E-state index in [1.54, 1.807) is 0 Å². The minimum Gasteiger partial charge on any atom is -0.302 e. The molecule has 1 N–H and O–H groups in total. The van der Waals surface area contributed by atoms with Crippen LogP contribution in [0.25, 0.3) is 27.5 Å². The van der Waals surface area contributed by atoms with Gasteiger partial charge in [-0.05, 0) is 49.9 Å². The van der Waals surface area contributed by atoms with Crippen LogP contribution in [-0.2, 0) is 24.1 Å². The van der Waals surface area contributed by atoms with E-state index in [1.165, 1.54) is 23.8 Å². The number of nitrogens with one attached hydrogen (secondary N) is 1. The molecule has 0 saturated heterocycles. The highest BCUT2D eigenvalue weighted by atomic mass is 32.1. The molecular weight excluding hydrogens is 418 g/mol. The van der Waals surface area contributed by atoms with Crippen molar-refractivity contribution in [2.45, 2.75) is 46.0 Å². The Morgan fingerprint density at radius 1 is 1.16 bits per heavy atom. The van der Waals surface area contributed by atoms with Crippen LogP contribution in [0.4, 0.5) is 5.13 Å². The standard InChI is InChI=1S/C25H25N5OS/c1-3-8-18-14-13-17(15-26-18)22-20-11-7-12-21-24(32-25(28-21)27-16(2)31)23(20)30(29-22)19-9-5-4-6-10-19/h4-6,9-10,13-15H,3,7-8,11-12H2,1-2H3,(H,27,28,31). The molecule has 0 unspecified atom stereocenters. The zero-order valence-electron chi connectivity index (χ0n) is 18.3. The molecule has 5 rings (SSSR count). The molecule has 0 fully saturated rings. The summed E-state index contributed by atoms with van der Waals surface area (Å²) in [4.78, 5) is 22.1. The molecule has 1 amide bonds. The number of pyridine rings is 1. The molecule has 1 aromatic carbocycles. The Bertz CT molecular complexity index is 1260.